The van der Waals surface area contributed by atoms with Gasteiger partial charge in [0.1, 0.15) is 6.34 Å². The minimum absolute atomic E-state index is 0. The number of urea groups is 1. The van der Waals surface area contributed by atoms with Crippen LogP contribution < -0.4 is 5.56 Å². The second-order valence-electron chi connectivity index (χ2n) is 2.81. The Hall–Kier alpha value is -3.10. The van der Waals surface area contributed by atoms with Gasteiger partial charge >= 0.3 is 6.03 Å². The second kappa shape index (κ2) is 56.5. The average molecular weight is 457 g/mol. The summed E-state index contributed by atoms with van der Waals surface area (Å²) in [6.07, 6.45) is 6.63. The molecule has 2 aliphatic rings. The lowest BCUT2D eigenvalue weighted by atomic mass is 10.6. The number of nitrogens with one attached hydrogen (secondary N) is 1. The number of nitrogens with zero attached hydrogens (tertiary/aromatic N) is 5. The lowest BCUT2D eigenvalue weighted by Crippen LogP contribution is -2.02. The molecule has 3 rings (SSSR count). The van der Waals surface area contributed by atoms with Gasteiger partial charge in [-0.15, -0.1) is 0 Å². The molecule has 1 N–H and O–H groups in total. The first-order chi connectivity index (χ1) is 15.2. The fourth-order valence-electron chi connectivity index (χ4n) is 0.760. The van der Waals surface area contributed by atoms with E-state index in [0.29, 0.717) is 0 Å². The van der Waals surface area contributed by atoms with Gasteiger partial charge in [0.15, 0.2) is 0 Å². The zero-order valence-electron chi connectivity index (χ0n) is 21.5. The number of carbonyl (C=O) groups is 2. The van der Waals surface area contributed by atoms with E-state index in [-0.39, 0.29) is 18.9 Å². The number of carbonyl (C=O) groups excluding carboxylic acids is 2. The van der Waals surface area contributed by atoms with Gasteiger partial charge in [-0.2, -0.15) is 20.1 Å². The highest BCUT2D eigenvalue weighted by Crippen LogP contribution is 1.81. The van der Waals surface area contributed by atoms with E-state index in [9.17, 15) is 14.4 Å². The molecule has 0 saturated carbocycles. The first-order valence-corrected chi connectivity index (χ1v) is 10.9. The van der Waals surface area contributed by atoms with Crippen molar-refractivity contribution in [2.75, 3.05) is 0 Å². The SMILES string of the molecule is C.CC.CC.CC.CC.CC.CC.O=C1C=NC=N1.O=C1N=CC=N1.O=c1cccn[nH]1. The third-order valence-electron chi connectivity index (χ3n) is 1.46. The van der Waals surface area contributed by atoms with Crippen molar-refractivity contribution in [3.63, 3.8) is 0 Å². The van der Waals surface area contributed by atoms with Gasteiger partial charge < -0.3 is 0 Å². The molecule has 1 aromatic rings. The molecule has 9 nitrogen and oxygen atoms in total. The van der Waals surface area contributed by atoms with Crippen LogP contribution in [0.1, 0.15) is 90.5 Å². The third kappa shape index (κ3) is 50.5. The zero-order valence-corrected chi connectivity index (χ0v) is 21.5. The Bertz CT molecular complexity index is 545. The van der Waals surface area contributed by atoms with Crippen molar-refractivity contribution in [3.05, 3.63) is 28.7 Å². The predicted molar refractivity (Wildman–Crippen MR) is 144 cm³/mol. The Balaban J connectivity index is -0.0000000471. The van der Waals surface area contributed by atoms with Crippen LogP contribution in [0.4, 0.5) is 4.79 Å². The first kappa shape index (κ1) is 46.9. The van der Waals surface area contributed by atoms with Crippen molar-refractivity contribution in [3.8, 4) is 0 Å². The highest BCUT2D eigenvalue weighted by molar-refractivity contribution is 6.32. The van der Waals surface area contributed by atoms with Gasteiger partial charge in [-0.25, -0.2) is 14.9 Å². The van der Waals surface area contributed by atoms with Gasteiger partial charge in [0.2, 0.25) is 0 Å². The number of hydrogen-bond acceptors (Lipinski definition) is 5. The van der Waals surface area contributed by atoms with Gasteiger partial charge in [0.25, 0.3) is 11.5 Å². The fourth-order valence-corrected chi connectivity index (χ4v) is 0.760. The maximum atomic E-state index is 10.2. The molecule has 32 heavy (non-hydrogen) atoms. The fraction of sp³-hybridized carbons (Fsp3) is 0.565. The van der Waals surface area contributed by atoms with Gasteiger partial charge in [-0.1, -0.05) is 90.5 Å². The molecule has 0 saturated heterocycles. The number of amides is 3. The Morgan fingerprint density at radius 1 is 0.688 bits per heavy atom. The molecule has 0 aromatic carbocycles. The number of aromatic nitrogens is 2. The standard InChI is InChI=1S/C4H4N2O.2C3H2N2O.6C2H6.CH4/c7-4-2-1-3-5-6-4;6-3-1-4-2-5-3;6-3-4-1-2-5-3;6*1-2;/h1-3H,(H,6,7);2*1-2H;6*1-2H3;1H4. The number of aromatic amines is 1. The summed E-state index contributed by atoms with van der Waals surface area (Å²) >= 11 is 0. The van der Waals surface area contributed by atoms with E-state index in [2.05, 4.69) is 30.2 Å². The normalized spacial score (nSPS) is 9.38. The van der Waals surface area contributed by atoms with Crippen molar-refractivity contribution >= 4 is 36.9 Å². The van der Waals surface area contributed by atoms with Crippen molar-refractivity contribution < 1.29 is 9.59 Å². The Morgan fingerprint density at radius 2 is 1.12 bits per heavy atom. The average Bonchev–Trinajstić information content (AvgIpc) is 3.56. The van der Waals surface area contributed by atoms with E-state index in [1.54, 1.807) is 6.07 Å². The van der Waals surface area contributed by atoms with Crippen LogP contribution in [0.25, 0.3) is 0 Å². The molecule has 3 amide bonds. The van der Waals surface area contributed by atoms with Gasteiger partial charge in [-0.05, 0) is 6.07 Å². The summed E-state index contributed by atoms with van der Waals surface area (Å²) in [6, 6.07) is 2.58. The maximum Gasteiger partial charge on any atom is 0.367 e. The molecule has 0 unspecified atom stereocenters. The minimum Gasteiger partial charge on any atom is -0.268 e. The highest BCUT2D eigenvalue weighted by Gasteiger charge is 1.92. The third-order valence-corrected chi connectivity index (χ3v) is 1.46. The topological polar surface area (TPSA) is 129 Å². The van der Waals surface area contributed by atoms with Gasteiger partial charge in [0.05, 0.1) is 18.6 Å². The molecular formula is C23H48N6O3. The summed E-state index contributed by atoms with van der Waals surface area (Å²) in [5.41, 5.74) is -0.164. The first-order valence-electron chi connectivity index (χ1n) is 10.9. The van der Waals surface area contributed by atoms with Crippen LogP contribution in [0.5, 0.6) is 0 Å². The molecule has 188 valence electrons. The zero-order chi connectivity index (χ0) is 25.9. The van der Waals surface area contributed by atoms with Crippen molar-refractivity contribution in [1.29, 1.82) is 0 Å². The lowest BCUT2D eigenvalue weighted by Gasteiger charge is -1.72. The molecule has 9 heteroatoms. The molecule has 0 radical (unpaired) electrons. The molecule has 0 aliphatic carbocycles. The van der Waals surface area contributed by atoms with Gasteiger partial charge in [0, 0.05) is 12.3 Å². The molecular weight excluding hydrogens is 408 g/mol. The molecule has 0 fully saturated rings. The van der Waals surface area contributed by atoms with Crippen LogP contribution in [0.15, 0.2) is 43.1 Å². The summed E-state index contributed by atoms with van der Waals surface area (Å²) in [5, 5.41) is 5.67. The van der Waals surface area contributed by atoms with Gasteiger partial charge in [-0.3, -0.25) is 9.59 Å². The van der Waals surface area contributed by atoms with Crippen LogP contribution in [-0.2, 0) is 4.79 Å². The minimum atomic E-state index is -0.407. The van der Waals surface area contributed by atoms with E-state index in [1.807, 2.05) is 83.1 Å². The van der Waals surface area contributed by atoms with Crippen molar-refractivity contribution in [2.45, 2.75) is 90.5 Å². The summed E-state index contributed by atoms with van der Waals surface area (Å²) in [4.78, 5) is 43.0. The Morgan fingerprint density at radius 3 is 1.25 bits per heavy atom. The summed E-state index contributed by atoms with van der Waals surface area (Å²) in [7, 11) is 0. The Labute approximate surface area is 196 Å². The predicted octanol–water partition coefficient (Wildman–Crippen LogP) is 6.45. The van der Waals surface area contributed by atoms with E-state index >= 15 is 0 Å². The van der Waals surface area contributed by atoms with E-state index in [4.69, 9.17) is 0 Å². The molecule has 1 aromatic heterocycles. The largest absolute Gasteiger partial charge is 0.367 e. The lowest BCUT2D eigenvalue weighted by molar-refractivity contribution is -0.111. The quantitative estimate of drug-likeness (QED) is 0.480. The van der Waals surface area contributed by atoms with E-state index < -0.39 is 6.03 Å². The van der Waals surface area contributed by atoms with Crippen LogP contribution in [0.2, 0.25) is 0 Å². The maximum absolute atomic E-state index is 10.2. The van der Waals surface area contributed by atoms with Crippen molar-refractivity contribution in [2.24, 2.45) is 20.0 Å². The molecule has 0 bridgehead atoms. The molecule has 0 spiro atoms. The molecule has 2 aliphatic heterocycles. The summed E-state index contributed by atoms with van der Waals surface area (Å²) < 4.78 is 0. The highest BCUT2D eigenvalue weighted by atomic mass is 16.2. The van der Waals surface area contributed by atoms with E-state index in [0.717, 1.165) is 0 Å². The smallest absolute Gasteiger partial charge is 0.268 e. The monoisotopic (exact) mass is 456 g/mol. The molecule has 0 atom stereocenters. The number of rotatable bonds is 0. The summed E-state index contributed by atoms with van der Waals surface area (Å²) in [5.74, 6) is -0.269. The second-order valence-corrected chi connectivity index (χ2v) is 2.81. The summed E-state index contributed by atoms with van der Waals surface area (Å²) in [6.45, 7) is 24.0. The van der Waals surface area contributed by atoms with E-state index in [1.165, 1.54) is 37.2 Å². The van der Waals surface area contributed by atoms with Crippen LogP contribution >= 0.6 is 0 Å². The molecule has 3 heterocycles. The van der Waals surface area contributed by atoms with Crippen LogP contribution in [0, 0.1) is 0 Å². The van der Waals surface area contributed by atoms with Crippen molar-refractivity contribution in [1.82, 2.24) is 10.2 Å². The number of H-pyrrole nitrogens is 1. The number of hydrogen-bond donors (Lipinski definition) is 1. The Kier molecular flexibility index (Phi) is 82.8. The number of aliphatic imine (C=N–C) groups is 4. The van der Waals surface area contributed by atoms with Crippen LogP contribution in [0.3, 0.4) is 0 Å². The van der Waals surface area contributed by atoms with Crippen LogP contribution in [-0.4, -0.2) is 47.1 Å².